The number of rotatable bonds is 9. The number of likely N-dealkylation sites (tertiary alicyclic amines) is 1. The molecule has 0 amide bonds. The number of para-hydroxylation sites is 1. The van der Waals surface area contributed by atoms with Crippen LogP contribution < -0.4 is 15.4 Å². The van der Waals surface area contributed by atoms with E-state index in [0.29, 0.717) is 13.2 Å². The zero-order valence-electron chi connectivity index (χ0n) is 14.8. The second-order valence-corrected chi connectivity index (χ2v) is 5.96. The first-order chi connectivity index (χ1) is 11.8. The Bertz CT molecular complexity index is 524. The number of hydrogen-bond donors (Lipinski definition) is 2. The van der Waals surface area contributed by atoms with Gasteiger partial charge in [0.15, 0.2) is 5.96 Å². The Balaban J connectivity index is 1.71. The average molecular weight is 330 g/mol. The predicted octanol–water partition coefficient (Wildman–Crippen LogP) is 2.40. The van der Waals surface area contributed by atoms with Crippen LogP contribution in [-0.2, 0) is 6.54 Å². The van der Waals surface area contributed by atoms with E-state index in [2.05, 4.69) is 33.2 Å². The van der Waals surface area contributed by atoms with Crippen molar-refractivity contribution in [3.05, 3.63) is 42.5 Å². The molecule has 132 valence electrons. The lowest BCUT2D eigenvalue weighted by Crippen LogP contribution is -2.38. The van der Waals surface area contributed by atoms with E-state index in [1.165, 1.54) is 32.5 Å². The Morgan fingerprint density at radius 1 is 1.29 bits per heavy atom. The van der Waals surface area contributed by atoms with Crippen molar-refractivity contribution in [3.63, 3.8) is 0 Å². The summed E-state index contributed by atoms with van der Waals surface area (Å²) < 4.78 is 5.68. The summed E-state index contributed by atoms with van der Waals surface area (Å²) in [7, 11) is 1.80. The van der Waals surface area contributed by atoms with Gasteiger partial charge in [-0.3, -0.25) is 4.99 Å². The molecule has 0 radical (unpaired) electrons. The third-order valence-electron chi connectivity index (χ3n) is 4.14. The molecule has 1 aliphatic rings. The zero-order valence-corrected chi connectivity index (χ0v) is 14.8. The molecule has 5 heteroatoms. The van der Waals surface area contributed by atoms with E-state index in [1.807, 2.05) is 18.2 Å². The third-order valence-corrected chi connectivity index (χ3v) is 4.14. The molecule has 5 nitrogen and oxygen atoms in total. The fourth-order valence-corrected chi connectivity index (χ4v) is 2.85. The summed E-state index contributed by atoms with van der Waals surface area (Å²) in [5, 5.41) is 6.73. The van der Waals surface area contributed by atoms with Gasteiger partial charge in [0.1, 0.15) is 12.4 Å². The molecule has 2 rings (SSSR count). The van der Waals surface area contributed by atoms with Gasteiger partial charge in [-0.2, -0.15) is 0 Å². The highest BCUT2D eigenvalue weighted by molar-refractivity contribution is 5.79. The molecule has 0 aliphatic carbocycles. The van der Waals surface area contributed by atoms with Crippen LogP contribution in [0.1, 0.15) is 24.8 Å². The summed E-state index contributed by atoms with van der Waals surface area (Å²) in [6, 6.07) is 8.04. The standard InChI is InChI=1S/C19H30N4O/c1-3-15-24-18-10-5-4-9-17(18)16-22-19(20-2)21-11-8-14-23-12-6-7-13-23/h3-5,9-10H,1,6-8,11-16H2,2H3,(H2,20,21,22). The number of guanidine groups is 1. The van der Waals surface area contributed by atoms with E-state index in [0.717, 1.165) is 30.2 Å². The molecule has 0 spiro atoms. The summed E-state index contributed by atoms with van der Waals surface area (Å²) in [6.45, 7) is 9.51. The molecule has 1 aromatic carbocycles. The molecule has 0 aromatic heterocycles. The van der Waals surface area contributed by atoms with Gasteiger partial charge in [0, 0.05) is 25.7 Å². The molecule has 0 atom stereocenters. The van der Waals surface area contributed by atoms with Crippen molar-refractivity contribution in [2.24, 2.45) is 4.99 Å². The number of hydrogen-bond acceptors (Lipinski definition) is 3. The fourth-order valence-electron chi connectivity index (χ4n) is 2.85. The molecule has 1 aliphatic heterocycles. The first kappa shape index (κ1) is 18.3. The van der Waals surface area contributed by atoms with Crippen molar-refractivity contribution in [2.45, 2.75) is 25.8 Å². The highest BCUT2D eigenvalue weighted by Crippen LogP contribution is 2.17. The Kier molecular flexibility index (Phi) is 8.18. The molecule has 1 aromatic rings. The zero-order chi connectivity index (χ0) is 17.0. The number of benzene rings is 1. The fraction of sp³-hybridized carbons (Fsp3) is 0.526. The van der Waals surface area contributed by atoms with E-state index in [-0.39, 0.29) is 0 Å². The first-order valence-electron chi connectivity index (χ1n) is 8.82. The van der Waals surface area contributed by atoms with Gasteiger partial charge in [0.05, 0.1) is 0 Å². The van der Waals surface area contributed by atoms with Gasteiger partial charge in [-0.25, -0.2) is 0 Å². The van der Waals surface area contributed by atoms with E-state index in [9.17, 15) is 0 Å². The molecule has 0 unspecified atom stereocenters. The largest absolute Gasteiger partial charge is 0.489 e. The van der Waals surface area contributed by atoms with E-state index >= 15 is 0 Å². The van der Waals surface area contributed by atoms with Gasteiger partial charge in [0.2, 0.25) is 0 Å². The highest BCUT2D eigenvalue weighted by Gasteiger charge is 2.10. The molecule has 2 N–H and O–H groups in total. The maximum absolute atomic E-state index is 5.68. The van der Waals surface area contributed by atoms with Gasteiger partial charge in [-0.15, -0.1) is 0 Å². The van der Waals surface area contributed by atoms with Crippen LogP contribution in [0, 0.1) is 0 Å². The first-order valence-corrected chi connectivity index (χ1v) is 8.82. The Morgan fingerprint density at radius 3 is 2.83 bits per heavy atom. The smallest absolute Gasteiger partial charge is 0.191 e. The normalized spacial score (nSPS) is 15.3. The molecule has 1 saturated heterocycles. The van der Waals surface area contributed by atoms with Crippen LogP contribution in [-0.4, -0.2) is 50.7 Å². The number of aliphatic imine (C=N–C) groups is 1. The molecule has 0 bridgehead atoms. The van der Waals surface area contributed by atoms with Crippen molar-refractivity contribution < 1.29 is 4.74 Å². The van der Waals surface area contributed by atoms with E-state index in [4.69, 9.17) is 4.74 Å². The van der Waals surface area contributed by atoms with Crippen LogP contribution in [0.25, 0.3) is 0 Å². The molecule has 1 heterocycles. The molecule has 0 saturated carbocycles. The summed E-state index contributed by atoms with van der Waals surface area (Å²) >= 11 is 0. The second-order valence-electron chi connectivity index (χ2n) is 5.96. The van der Waals surface area contributed by atoms with Gasteiger partial charge in [-0.1, -0.05) is 30.9 Å². The molecular weight excluding hydrogens is 300 g/mol. The van der Waals surface area contributed by atoms with Crippen molar-refractivity contribution in [1.82, 2.24) is 15.5 Å². The van der Waals surface area contributed by atoms with Crippen molar-refractivity contribution in [2.75, 3.05) is 39.8 Å². The van der Waals surface area contributed by atoms with Crippen molar-refractivity contribution >= 4 is 5.96 Å². The quantitative estimate of drug-likeness (QED) is 0.316. The predicted molar refractivity (Wildman–Crippen MR) is 101 cm³/mol. The average Bonchev–Trinajstić information content (AvgIpc) is 3.13. The number of ether oxygens (including phenoxy) is 1. The molecular formula is C19H30N4O. The van der Waals surface area contributed by atoms with E-state index < -0.39 is 0 Å². The SMILES string of the molecule is C=CCOc1ccccc1CNC(=NC)NCCCN1CCCC1. The monoisotopic (exact) mass is 330 g/mol. The Morgan fingerprint density at radius 2 is 2.08 bits per heavy atom. The minimum Gasteiger partial charge on any atom is -0.489 e. The van der Waals surface area contributed by atoms with Gasteiger partial charge >= 0.3 is 0 Å². The van der Waals surface area contributed by atoms with Crippen molar-refractivity contribution in [3.8, 4) is 5.75 Å². The van der Waals surface area contributed by atoms with E-state index in [1.54, 1.807) is 13.1 Å². The Hall–Kier alpha value is -2.01. The van der Waals surface area contributed by atoms with Gasteiger partial charge in [0.25, 0.3) is 0 Å². The van der Waals surface area contributed by atoms with Gasteiger partial charge in [-0.05, 0) is 45.0 Å². The Labute approximate surface area is 145 Å². The highest BCUT2D eigenvalue weighted by atomic mass is 16.5. The van der Waals surface area contributed by atoms with Crippen molar-refractivity contribution in [1.29, 1.82) is 0 Å². The maximum Gasteiger partial charge on any atom is 0.191 e. The lowest BCUT2D eigenvalue weighted by molar-refractivity contribution is 0.334. The number of nitrogens with one attached hydrogen (secondary N) is 2. The van der Waals surface area contributed by atoms with Crippen LogP contribution in [0.5, 0.6) is 5.75 Å². The minimum absolute atomic E-state index is 0.514. The lowest BCUT2D eigenvalue weighted by Gasteiger charge is -2.16. The van der Waals surface area contributed by atoms with Gasteiger partial charge < -0.3 is 20.3 Å². The summed E-state index contributed by atoms with van der Waals surface area (Å²) in [4.78, 5) is 6.82. The second kappa shape index (κ2) is 10.7. The third kappa shape index (κ3) is 6.24. The minimum atomic E-state index is 0.514. The lowest BCUT2D eigenvalue weighted by atomic mass is 10.2. The number of nitrogens with zero attached hydrogens (tertiary/aromatic N) is 2. The topological polar surface area (TPSA) is 48.9 Å². The summed E-state index contributed by atoms with van der Waals surface area (Å²) in [5.41, 5.74) is 1.11. The van der Waals surface area contributed by atoms with Crippen LogP contribution in [0.2, 0.25) is 0 Å². The molecule has 24 heavy (non-hydrogen) atoms. The van der Waals surface area contributed by atoms with Crippen LogP contribution >= 0.6 is 0 Å². The molecule has 1 fully saturated rings. The van der Waals surface area contributed by atoms with Crippen LogP contribution in [0.15, 0.2) is 41.9 Å². The summed E-state index contributed by atoms with van der Waals surface area (Å²) in [5.74, 6) is 1.71. The summed E-state index contributed by atoms with van der Waals surface area (Å²) in [6.07, 6.45) is 5.60. The van der Waals surface area contributed by atoms with Crippen LogP contribution in [0.4, 0.5) is 0 Å². The van der Waals surface area contributed by atoms with Crippen LogP contribution in [0.3, 0.4) is 0 Å². The maximum atomic E-state index is 5.68.